The number of nitrogens with zero attached hydrogens (tertiary/aromatic N) is 2. The number of carbonyl (C=O) groups excluding carboxylic acids is 1. The van der Waals surface area contributed by atoms with Crippen LogP contribution in [-0.4, -0.2) is 75.2 Å². The molecule has 0 bridgehead atoms. The maximum atomic E-state index is 13.2. The molecule has 2 heterocycles. The molecule has 32 heavy (non-hydrogen) atoms. The molecule has 178 valence electrons. The summed E-state index contributed by atoms with van der Waals surface area (Å²) in [7, 11) is -6.62. The second kappa shape index (κ2) is 9.69. The maximum Gasteiger partial charge on any atom is 0.243 e. The molecule has 2 aliphatic heterocycles. The van der Waals surface area contributed by atoms with E-state index in [2.05, 4.69) is 5.32 Å². The van der Waals surface area contributed by atoms with Crippen molar-refractivity contribution in [2.24, 2.45) is 0 Å². The van der Waals surface area contributed by atoms with Gasteiger partial charge in [-0.15, -0.1) is 0 Å². The van der Waals surface area contributed by atoms with Crippen molar-refractivity contribution in [2.45, 2.75) is 68.3 Å². The minimum atomic E-state index is -3.53. The van der Waals surface area contributed by atoms with E-state index in [1.807, 2.05) is 4.90 Å². The van der Waals surface area contributed by atoms with Crippen LogP contribution < -0.4 is 5.32 Å². The molecule has 1 aromatic rings. The summed E-state index contributed by atoms with van der Waals surface area (Å²) in [5.41, 5.74) is 0.571. The predicted octanol–water partition coefficient (Wildman–Crippen LogP) is 2.23. The topological polar surface area (TPSA) is 104 Å². The van der Waals surface area contributed by atoms with Crippen LogP contribution in [0.5, 0.6) is 0 Å². The van der Waals surface area contributed by atoms with Gasteiger partial charge in [0.1, 0.15) is 0 Å². The van der Waals surface area contributed by atoms with Crippen LogP contribution in [0.2, 0.25) is 0 Å². The second-order valence-corrected chi connectivity index (χ2v) is 13.3. The molecule has 0 spiro atoms. The number of sulfone groups is 1. The summed E-state index contributed by atoms with van der Waals surface area (Å²) >= 11 is 0. The highest BCUT2D eigenvalue weighted by Crippen LogP contribution is 2.29. The predicted molar refractivity (Wildman–Crippen MR) is 124 cm³/mol. The summed E-state index contributed by atoms with van der Waals surface area (Å²) in [4.78, 5) is 15.3. The lowest BCUT2D eigenvalue weighted by atomic mass is 9.93. The molecule has 2 saturated heterocycles. The van der Waals surface area contributed by atoms with Gasteiger partial charge in [-0.25, -0.2) is 16.8 Å². The van der Waals surface area contributed by atoms with Gasteiger partial charge in [0.15, 0.2) is 9.84 Å². The Morgan fingerprint density at radius 3 is 2.41 bits per heavy atom. The number of nitrogens with one attached hydrogen (secondary N) is 1. The fourth-order valence-electron chi connectivity index (χ4n) is 5.17. The molecule has 1 aliphatic carbocycles. The highest BCUT2D eigenvalue weighted by Gasteiger charge is 2.38. The Kier molecular flexibility index (Phi) is 7.11. The zero-order valence-corrected chi connectivity index (χ0v) is 20.0. The summed E-state index contributed by atoms with van der Waals surface area (Å²) in [5.74, 6) is 0.0587. The zero-order valence-electron chi connectivity index (χ0n) is 18.4. The van der Waals surface area contributed by atoms with E-state index in [4.69, 9.17) is 0 Å². The minimum Gasteiger partial charge on any atom is -0.376 e. The highest BCUT2D eigenvalue weighted by molar-refractivity contribution is 7.91. The number of rotatable bonds is 7. The van der Waals surface area contributed by atoms with Crippen LogP contribution in [0.3, 0.4) is 0 Å². The molecule has 8 nitrogen and oxygen atoms in total. The van der Waals surface area contributed by atoms with E-state index in [0.29, 0.717) is 25.2 Å². The van der Waals surface area contributed by atoms with Gasteiger partial charge in [-0.05, 0) is 50.3 Å². The maximum absolute atomic E-state index is 13.2. The van der Waals surface area contributed by atoms with Crippen LogP contribution in [0.25, 0.3) is 0 Å². The van der Waals surface area contributed by atoms with Gasteiger partial charge in [0, 0.05) is 30.9 Å². The summed E-state index contributed by atoms with van der Waals surface area (Å²) < 4.78 is 51.3. The van der Waals surface area contributed by atoms with Crippen LogP contribution >= 0.6 is 0 Å². The first-order valence-electron chi connectivity index (χ1n) is 11.6. The quantitative estimate of drug-likeness (QED) is 0.638. The molecule has 1 N–H and O–H groups in total. The average Bonchev–Trinajstić information content (AvgIpc) is 3.44. The van der Waals surface area contributed by atoms with Crippen molar-refractivity contribution in [1.29, 1.82) is 0 Å². The molecule has 4 rings (SSSR count). The number of amides is 1. The first-order valence-corrected chi connectivity index (χ1v) is 14.9. The normalized spacial score (nSPS) is 24.4. The number of hydrogen-bond acceptors (Lipinski definition) is 6. The Bertz CT molecular complexity index is 1030. The van der Waals surface area contributed by atoms with Gasteiger partial charge in [0.05, 0.1) is 22.9 Å². The Labute approximate surface area is 191 Å². The van der Waals surface area contributed by atoms with Gasteiger partial charge in [-0.3, -0.25) is 4.79 Å². The van der Waals surface area contributed by atoms with E-state index in [1.54, 1.807) is 24.3 Å². The molecule has 1 saturated carbocycles. The number of carbonyl (C=O) groups is 1. The van der Waals surface area contributed by atoms with Crippen molar-refractivity contribution in [3.8, 4) is 0 Å². The molecule has 1 amide bonds. The average molecular weight is 484 g/mol. The largest absolute Gasteiger partial charge is 0.376 e. The van der Waals surface area contributed by atoms with Crippen molar-refractivity contribution in [2.75, 3.05) is 36.5 Å². The smallest absolute Gasteiger partial charge is 0.243 e. The third-order valence-corrected chi connectivity index (χ3v) is 10.5. The van der Waals surface area contributed by atoms with Gasteiger partial charge in [-0.2, -0.15) is 4.31 Å². The molecular weight excluding hydrogens is 450 g/mol. The molecule has 10 heteroatoms. The van der Waals surface area contributed by atoms with E-state index in [-0.39, 0.29) is 40.9 Å². The Balaban J connectivity index is 1.46. The van der Waals surface area contributed by atoms with E-state index >= 15 is 0 Å². The molecule has 3 aliphatic rings. The third kappa shape index (κ3) is 5.28. The zero-order chi connectivity index (χ0) is 22.8. The fraction of sp³-hybridized carbons (Fsp3) is 0.682. The van der Waals surface area contributed by atoms with Gasteiger partial charge in [0.25, 0.3) is 0 Å². The lowest BCUT2D eigenvalue weighted by molar-refractivity contribution is -0.134. The summed E-state index contributed by atoms with van der Waals surface area (Å²) in [6, 6.07) is 6.40. The van der Waals surface area contributed by atoms with Crippen molar-refractivity contribution in [3.63, 3.8) is 0 Å². The van der Waals surface area contributed by atoms with Crippen LogP contribution in [0.1, 0.15) is 51.4 Å². The van der Waals surface area contributed by atoms with Crippen molar-refractivity contribution in [3.05, 3.63) is 24.3 Å². The van der Waals surface area contributed by atoms with Crippen molar-refractivity contribution >= 4 is 31.5 Å². The summed E-state index contributed by atoms with van der Waals surface area (Å²) in [6.45, 7) is 1.10. The monoisotopic (exact) mass is 483 g/mol. The molecule has 0 radical (unpaired) electrons. The number of sulfonamides is 1. The van der Waals surface area contributed by atoms with Gasteiger partial charge in [-0.1, -0.05) is 25.3 Å². The lowest BCUT2D eigenvalue weighted by Gasteiger charge is -2.38. The Morgan fingerprint density at radius 2 is 1.75 bits per heavy atom. The lowest BCUT2D eigenvalue weighted by Crippen LogP contribution is -2.50. The summed E-state index contributed by atoms with van der Waals surface area (Å²) in [6.07, 6.45) is 7.32. The van der Waals surface area contributed by atoms with Crippen molar-refractivity contribution in [1.82, 2.24) is 9.21 Å². The van der Waals surface area contributed by atoms with Crippen LogP contribution in [0.15, 0.2) is 29.2 Å². The second-order valence-electron chi connectivity index (χ2n) is 9.14. The van der Waals surface area contributed by atoms with E-state index in [0.717, 1.165) is 44.9 Å². The fourth-order valence-corrected chi connectivity index (χ4v) is 8.45. The van der Waals surface area contributed by atoms with E-state index in [9.17, 15) is 21.6 Å². The molecule has 1 aromatic carbocycles. The third-order valence-electron chi connectivity index (χ3n) is 6.84. The first-order chi connectivity index (χ1) is 15.3. The molecule has 1 atom stereocenters. The molecule has 0 unspecified atom stereocenters. The number of anilines is 1. The standard InChI is InChI=1S/C22H33N3O5S2/c26-22(25(19-8-2-1-3-9-19)20-11-14-31(27,28)17-20)16-23-18-7-6-10-21(15-18)32(29,30)24-12-4-5-13-24/h6-7,10,15,19-20,23H,1-5,8-9,11-14,16-17H2/t20-/m1/s1. The Morgan fingerprint density at radius 1 is 1.03 bits per heavy atom. The molecule has 0 aromatic heterocycles. The minimum absolute atomic E-state index is 0.0141. The van der Waals surface area contributed by atoms with Gasteiger partial charge < -0.3 is 10.2 Å². The highest BCUT2D eigenvalue weighted by atomic mass is 32.2. The van der Waals surface area contributed by atoms with Crippen molar-refractivity contribution < 1.29 is 21.6 Å². The Hall–Kier alpha value is -1.65. The number of hydrogen-bond donors (Lipinski definition) is 1. The SMILES string of the molecule is O=C(CNc1cccc(S(=O)(=O)N2CCCC2)c1)N(C1CCCCC1)[C@@H]1CCS(=O)(=O)C1. The van der Waals surface area contributed by atoms with E-state index < -0.39 is 19.9 Å². The van der Waals surface area contributed by atoms with Gasteiger partial charge in [0.2, 0.25) is 15.9 Å². The van der Waals surface area contributed by atoms with Gasteiger partial charge >= 0.3 is 0 Å². The van der Waals surface area contributed by atoms with E-state index in [1.165, 1.54) is 4.31 Å². The van der Waals surface area contributed by atoms with Crippen LogP contribution in [0, 0.1) is 0 Å². The number of benzene rings is 1. The summed E-state index contributed by atoms with van der Waals surface area (Å²) in [5, 5.41) is 3.09. The van der Waals surface area contributed by atoms with Crippen LogP contribution in [0.4, 0.5) is 5.69 Å². The van der Waals surface area contributed by atoms with Crippen LogP contribution in [-0.2, 0) is 24.7 Å². The molecule has 3 fully saturated rings. The molecular formula is C22H33N3O5S2. The first kappa shape index (κ1) is 23.5.